The Morgan fingerprint density at radius 1 is 1.21 bits per heavy atom. The lowest BCUT2D eigenvalue weighted by Crippen LogP contribution is -2.46. The molecule has 1 atom stereocenters. The molecule has 4 rings (SSSR count). The van der Waals surface area contributed by atoms with Crippen molar-refractivity contribution in [2.75, 3.05) is 13.1 Å². The fraction of sp³-hybridized carbons (Fsp3) is 0.474. The molecule has 2 fully saturated rings. The fourth-order valence-electron chi connectivity index (χ4n) is 3.57. The number of hydrogen-bond acceptors (Lipinski definition) is 2. The van der Waals surface area contributed by atoms with Gasteiger partial charge < -0.3 is 15.2 Å². The SMILES string of the molecule is O=C(NCCc1cc2ccccc2[nH]1)[C@H]1CCCN1C(=O)C1CC1. The molecule has 0 spiro atoms. The predicted octanol–water partition coefficient (Wildman–Crippen LogP) is 2.23. The molecule has 126 valence electrons. The minimum absolute atomic E-state index is 0.00221. The van der Waals surface area contributed by atoms with Crippen molar-refractivity contribution in [1.29, 1.82) is 0 Å². The number of nitrogens with zero attached hydrogens (tertiary/aromatic N) is 1. The molecule has 2 aliphatic rings. The van der Waals surface area contributed by atoms with Gasteiger partial charge in [-0.05, 0) is 43.2 Å². The molecular formula is C19H23N3O2. The van der Waals surface area contributed by atoms with Crippen LogP contribution in [0.1, 0.15) is 31.4 Å². The van der Waals surface area contributed by atoms with Crippen LogP contribution in [0.4, 0.5) is 0 Å². The zero-order valence-electron chi connectivity index (χ0n) is 13.8. The highest BCUT2D eigenvalue weighted by Crippen LogP contribution is 2.33. The first-order valence-corrected chi connectivity index (χ1v) is 8.87. The smallest absolute Gasteiger partial charge is 0.242 e. The Labute approximate surface area is 141 Å². The summed E-state index contributed by atoms with van der Waals surface area (Å²) in [5.41, 5.74) is 2.24. The number of aromatic amines is 1. The van der Waals surface area contributed by atoms with Gasteiger partial charge in [0.25, 0.3) is 0 Å². The second kappa shape index (κ2) is 6.30. The van der Waals surface area contributed by atoms with Gasteiger partial charge in [-0.25, -0.2) is 0 Å². The van der Waals surface area contributed by atoms with E-state index in [1.807, 2.05) is 12.1 Å². The van der Waals surface area contributed by atoms with Crippen molar-refractivity contribution >= 4 is 22.7 Å². The lowest BCUT2D eigenvalue weighted by atomic mass is 10.2. The molecule has 2 aromatic rings. The summed E-state index contributed by atoms with van der Waals surface area (Å²) in [5.74, 6) is 0.366. The van der Waals surface area contributed by atoms with E-state index < -0.39 is 0 Å². The van der Waals surface area contributed by atoms with Gasteiger partial charge in [0.15, 0.2) is 0 Å². The molecule has 1 aromatic heterocycles. The van der Waals surface area contributed by atoms with E-state index in [0.29, 0.717) is 6.54 Å². The van der Waals surface area contributed by atoms with Gasteiger partial charge in [0.1, 0.15) is 6.04 Å². The first-order chi connectivity index (χ1) is 11.7. The normalized spacial score (nSPS) is 20.5. The quantitative estimate of drug-likeness (QED) is 0.885. The maximum absolute atomic E-state index is 12.5. The Bertz CT molecular complexity index is 730. The van der Waals surface area contributed by atoms with Gasteiger partial charge in [-0.2, -0.15) is 0 Å². The number of amides is 2. The molecule has 24 heavy (non-hydrogen) atoms. The summed E-state index contributed by atoms with van der Waals surface area (Å²) in [6.45, 7) is 1.32. The van der Waals surface area contributed by atoms with Gasteiger partial charge in [-0.3, -0.25) is 9.59 Å². The number of nitrogens with one attached hydrogen (secondary N) is 2. The Morgan fingerprint density at radius 3 is 2.83 bits per heavy atom. The predicted molar refractivity (Wildman–Crippen MR) is 92.5 cm³/mol. The zero-order chi connectivity index (χ0) is 16.5. The molecule has 2 amide bonds. The molecule has 1 aliphatic heterocycles. The molecule has 5 heteroatoms. The van der Waals surface area contributed by atoms with E-state index in [1.165, 1.54) is 5.39 Å². The minimum atomic E-state index is -0.263. The van der Waals surface area contributed by atoms with Crippen molar-refractivity contribution in [1.82, 2.24) is 15.2 Å². The maximum Gasteiger partial charge on any atom is 0.242 e. The molecule has 2 N–H and O–H groups in total. The minimum Gasteiger partial charge on any atom is -0.358 e. The van der Waals surface area contributed by atoms with Crippen LogP contribution in [0.25, 0.3) is 10.9 Å². The third-order valence-corrected chi connectivity index (χ3v) is 5.04. The van der Waals surface area contributed by atoms with Crippen molar-refractivity contribution in [3.05, 3.63) is 36.0 Å². The standard InChI is InChI=1S/C19H23N3O2/c23-18(17-6-3-11-22(17)19(24)13-7-8-13)20-10-9-15-12-14-4-1-2-5-16(14)21-15/h1-2,4-5,12-13,17,21H,3,6-11H2,(H,20,23)/t17-/m1/s1. The van der Waals surface area contributed by atoms with Crippen LogP contribution in [0.5, 0.6) is 0 Å². The van der Waals surface area contributed by atoms with Gasteiger partial charge in [0.05, 0.1) is 0 Å². The van der Waals surface area contributed by atoms with Crippen LogP contribution < -0.4 is 5.32 Å². The third-order valence-electron chi connectivity index (χ3n) is 5.04. The van der Waals surface area contributed by atoms with Crippen LogP contribution in [-0.4, -0.2) is 40.8 Å². The van der Waals surface area contributed by atoms with Gasteiger partial charge in [0, 0.05) is 36.6 Å². The lowest BCUT2D eigenvalue weighted by molar-refractivity contribution is -0.139. The Balaban J connectivity index is 1.31. The van der Waals surface area contributed by atoms with Crippen LogP contribution in [-0.2, 0) is 16.0 Å². The number of para-hydroxylation sites is 1. The molecule has 0 unspecified atom stereocenters. The summed E-state index contributed by atoms with van der Waals surface area (Å²) in [4.78, 5) is 29.9. The monoisotopic (exact) mass is 325 g/mol. The van der Waals surface area contributed by atoms with E-state index in [1.54, 1.807) is 4.90 Å². The van der Waals surface area contributed by atoms with Crippen LogP contribution >= 0.6 is 0 Å². The molecule has 2 heterocycles. The number of H-pyrrole nitrogens is 1. The first kappa shape index (κ1) is 15.2. The number of fused-ring (bicyclic) bond motifs is 1. The summed E-state index contributed by atoms with van der Waals surface area (Å²) < 4.78 is 0. The highest BCUT2D eigenvalue weighted by atomic mass is 16.2. The number of aromatic nitrogens is 1. The van der Waals surface area contributed by atoms with E-state index in [9.17, 15) is 9.59 Å². The summed E-state index contributed by atoms with van der Waals surface area (Å²) in [6, 6.07) is 10.0. The van der Waals surface area contributed by atoms with E-state index in [2.05, 4.69) is 28.5 Å². The van der Waals surface area contributed by atoms with E-state index in [0.717, 1.165) is 49.9 Å². The summed E-state index contributed by atoms with van der Waals surface area (Å²) >= 11 is 0. The van der Waals surface area contributed by atoms with Crippen LogP contribution in [0, 0.1) is 5.92 Å². The second-order valence-electron chi connectivity index (χ2n) is 6.89. The molecule has 0 radical (unpaired) electrons. The number of hydrogen-bond donors (Lipinski definition) is 2. The summed E-state index contributed by atoms with van der Waals surface area (Å²) in [6.07, 6.45) is 4.47. The zero-order valence-corrected chi connectivity index (χ0v) is 13.8. The molecule has 0 bridgehead atoms. The van der Waals surface area contributed by atoms with Crippen molar-refractivity contribution in [3.63, 3.8) is 0 Å². The lowest BCUT2D eigenvalue weighted by Gasteiger charge is -2.24. The molecule has 1 aliphatic carbocycles. The largest absolute Gasteiger partial charge is 0.358 e. The Kier molecular flexibility index (Phi) is 4.00. The van der Waals surface area contributed by atoms with Crippen LogP contribution in [0.2, 0.25) is 0 Å². The third kappa shape index (κ3) is 3.03. The first-order valence-electron chi connectivity index (χ1n) is 8.87. The van der Waals surface area contributed by atoms with Crippen molar-refractivity contribution in [2.24, 2.45) is 5.92 Å². The summed E-state index contributed by atoms with van der Waals surface area (Å²) in [5, 5.41) is 4.20. The second-order valence-corrected chi connectivity index (χ2v) is 6.89. The van der Waals surface area contributed by atoms with E-state index in [-0.39, 0.29) is 23.8 Å². The molecule has 1 saturated heterocycles. The van der Waals surface area contributed by atoms with Crippen molar-refractivity contribution < 1.29 is 9.59 Å². The number of likely N-dealkylation sites (tertiary alicyclic amines) is 1. The Hall–Kier alpha value is -2.30. The van der Waals surface area contributed by atoms with E-state index >= 15 is 0 Å². The van der Waals surface area contributed by atoms with E-state index in [4.69, 9.17) is 0 Å². The van der Waals surface area contributed by atoms with Gasteiger partial charge in [-0.15, -0.1) is 0 Å². The van der Waals surface area contributed by atoms with Crippen molar-refractivity contribution in [2.45, 2.75) is 38.1 Å². The summed E-state index contributed by atoms with van der Waals surface area (Å²) in [7, 11) is 0. The van der Waals surface area contributed by atoms with Gasteiger partial charge in [0.2, 0.25) is 11.8 Å². The number of carbonyl (C=O) groups is 2. The molecule has 1 saturated carbocycles. The van der Waals surface area contributed by atoms with Gasteiger partial charge >= 0.3 is 0 Å². The average Bonchev–Trinajstić information content (AvgIpc) is 3.17. The molecule has 5 nitrogen and oxygen atoms in total. The highest BCUT2D eigenvalue weighted by molar-refractivity contribution is 5.90. The highest BCUT2D eigenvalue weighted by Gasteiger charge is 2.40. The number of rotatable bonds is 5. The average molecular weight is 325 g/mol. The number of carbonyl (C=O) groups excluding carboxylic acids is 2. The topological polar surface area (TPSA) is 65.2 Å². The molecule has 1 aromatic carbocycles. The Morgan fingerprint density at radius 2 is 2.04 bits per heavy atom. The number of benzene rings is 1. The maximum atomic E-state index is 12.5. The van der Waals surface area contributed by atoms with Gasteiger partial charge in [-0.1, -0.05) is 18.2 Å². The van der Waals surface area contributed by atoms with Crippen LogP contribution in [0.3, 0.4) is 0 Å². The fourth-order valence-corrected chi connectivity index (χ4v) is 3.57. The van der Waals surface area contributed by atoms with Crippen LogP contribution in [0.15, 0.2) is 30.3 Å². The molecular weight excluding hydrogens is 302 g/mol. The van der Waals surface area contributed by atoms with Crippen molar-refractivity contribution in [3.8, 4) is 0 Å².